The number of aromatic nitrogens is 1. The van der Waals surface area contributed by atoms with Gasteiger partial charge in [0.1, 0.15) is 11.4 Å². The molecule has 1 aromatic heterocycles. The molecule has 0 aliphatic heterocycles. The number of pyridine rings is 1. The molecule has 1 amide bonds. The summed E-state index contributed by atoms with van der Waals surface area (Å²) >= 11 is 6.04. The van der Waals surface area contributed by atoms with Crippen molar-refractivity contribution in [3.8, 4) is 5.75 Å². The first-order valence-electron chi connectivity index (χ1n) is 9.18. The Balaban J connectivity index is 1.56. The zero-order chi connectivity index (χ0) is 19.1. The molecule has 2 N–H and O–H groups in total. The van der Waals surface area contributed by atoms with E-state index >= 15 is 0 Å². The van der Waals surface area contributed by atoms with E-state index in [1.807, 2.05) is 6.07 Å². The molecule has 0 atom stereocenters. The van der Waals surface area contributed by atoms with Crippen molar-refractivity contribution < 1.29 is 9.53 Å². The highest BCUT2D eigenvalue weighted by atomic mass is 35.5. The number of carbonyl (C=O) groups is 1. The zero-order valence-corrected chi connectivity index (χ0v) is 16.2. The molecule has 3 rings (SSSR count). The Morgan fingerprint density at radius 1 is 1.26 bits per heavy atom. The Labute approximate surface area is 164 Å². The van der Waals surface area contributed by atoms with Crippen LogP contribution in [0.5, 0.6) is 5.75 Å². The van der Waals surface area contributed by atoms with Gasteiger partial charge in [0.25, 0.3) is 5.91 Å². The molecule has 27 heavy (non-hydrogen) atoms. The monoisotopic (exact) mass is 385 g/mol. The third-order valence-electron chi connectivity index (χ3n) is 4.55. The Hall–Kier alpha value is -2.53. The summed E-state index contributed by atoms with van der Waals surface area (Å²) in [5.41, 5.74) is 3.34. The number of hydrogen-bond acceptors (Lipinski definition) is 4. The van der Waals surface area contributed by atoms with Gasteiger partial charge >= 0.3 is 0 Å². The minimum atomic E-state index is -0.154. The smallest absolute Gasteiger partial charge is 0.269 e. The minimum absolute atomic E-state index is 0.154. The van der Waals surface area contributed by atoms with Crippen LogP contribution in [-0.4, -0.2) is 24.5 Å². The van der Waals surface area contributed by atoms with E-state index in [1.165, 1.54) is 18.4 Å². The summed E-state index contributed by atoms with van der Waals surface area (Å²) in [4.78, 5) is 16.5. The molecule has 0 fully saturated rings. The van der Waals surface area contributed by atoms with Crippen LogP contribution in [0.2, 0.25) is 5.02 Å². The second-order valence-electron chi connectivity index (χ2n) is 6.52. The van der Waals surface area contributed by atoms with E-state index in [4.69, 9.17) is 16.3 Å². The third-order valence-corrected chi connectivity index (χ3v) is 4.79. The molecule has 0 radical (unpaired) electrons. The first-order chi connectivity index (χ1) is 13.2. The van der Waals surface area contributed by atoms with Gasteiger partial charge in [-0.3, -0.25) is 4.79 Å². The molecule has 0 saturated heterocycles. The number of nitrogens with zero attached hydrogens (tertiary/aromatic N) is 1. The number of allylic oxidation sites excluding steroid dienone is 1. The number of ether oxygens (including phenoxy) is 1. The van der Waals surface area contributed by atoms with Gasteiger partial charge in [0.2, 0.25) is 0 Å². The molecule has 0 unspecified atom stereocenters. The standard InChI is InChI=1S/C21H24ClN3O2/c1-27-20-10-7-16(22)13-19(20)25-17-8-9-18(24-14-17)21(26)23-12-11-15-5-3-2-4-6-15/h5,7-10,13-14,25H,2-4,6,11-12H2,1H3,(H,23,26). The van der Waals surface area contributed by atoms with E-state index in [2.05, 4.69) is 21.7 Å². The molecule has 1 aliphatic rings. The van der Waals surface area contributed by atoms with Crippen molar-refractivity contribution in [2.24, 2.45) is 0 Å². The largest absolute Gasteiger partial charge is 0.495 e. The van der Waals surface area contributed by atoms with Gasteiger partial charge in [0.05, 0.1) is 24.7 Å². The number of anilines is 2. The van der Waals surface area contributed by atoms with Crippen molar-refractivity contribution in [3.05, 3.63) is 58.9 Å². The lowest BCUT2D eigenvalue weighted by atomic mass is 9.97. The van der Waals surface area contributed by atoms with Crippen molar-refractivity contribution in [1.82, 2.24) is 10.3 Å². The van der Waals surface area contributed by atoms with Crippen molar-refractivity contribution >= 4 is 28.9 Å². The van der Waals surface area contributed by atoms with Gasteiger partial charge in [0, 0.05) is 11.6 Å². The van der Waals surface area contributed by atoms with Crippen LogP contribution in [0, 0.1) is 0 Å². The number of benzene rings is 1. The lowest BCUT2D eigenvalue weighted by molar-refractivity contribution is 0.0949. The van der Waals surface area contributed by atoms with Gasteiger partial charge in [0.15, 0.2) is 0 Å². The van der Waals surface area contributed by atoms with Gasteiger partial charge < -0.3 is 15.4 Å². The summed E-state index contributed by atoms with van der Waals surface area (Å²) in [6, 6.07) is 8.85. The molecular weight excluding hydrogens is 362 g/mol. The van der Waals surface area contributed by atoms with E-state index < -0.39 is 0 Å². The molecule has 1 heterocycles. The summed E-state index contributed by atoms with van der Waals surface area (Å²) in [5, 5.41) is 6.75. The van der Waals surface area contributed by atoms with Crippen molar-refractivity contribution in [1.29, 1.82) is 0 Å². The second-order valence-corrected chi connectivity index (χ2v) is 6.95. The average molecular weight is 386 g/mol. The molecular formula is C21H24ClN3O2. The van der Waals surface area contributed by atoms with Crippen LogP contribution in [0.25, 0.3) is 0 Å². The highest BCUT2D eigenvalue weighted by Crippen LogP contribution is 2.30. The zero-order valence-electron chi connectivity index (χ0n) is 15.4. The Morgan fingerprint density at radius 3 is 2.85 bits per heavy atom. The highest BCUT2D eigenvalue weighted by molar-refractivity contribution is 6.31. The summed E-state index contributed by atoms with van der Waals surface area (Å²) in [6.45, 7) is 0.645. The predicted octanol–water partition coefficient (Wildman–Crippen LogP) is 5.11. The number of halogens is 1. The van der Waals surface area contributed by atoms with E-state index in [0.29, 0.717) is 23.0 Å². The fourth-order valence-electron chi connectivity index (χ4n) is 3.09. The highest BCUT2D eigenvalue weighted by Gasteiger charge is 2.09. The number of rotatable bonds is 7. The lowest BCUT2D eigenvalue weighted by Crippen LogP contribution is -2.25. The quantitative estimate of drug-likeness (QED) is 0.650. The van der Waals surface area contributed by atoms with Gasteiger partial charge in [-0.05, 0) is 62.4 Å². The maximum atomic E-state index is 12.3. The third kappa shape index (κ3) is 5.47. The summed E-state index contributed by atoms with van der Waals surface area (Å²) in [6.07, 6.45) is 9.70. The topological polar surface area (TPSA) is 63.2 Å². The Bertz CT molecular complexity index is 819. The number of nitrogens with one attached hydrogen (secondary N) is 2. The van der Waals surface area contributed by atoms with Crippen LogP contribution in [-0.2, 0) is 0 Å². The molecule has 1 aliphatic carbocycles. The minimum Gasteiger partial charge on any atom is -0.495 e. The van der Waals surface area contributed by atoms with Crippen LogP contribution < -0.4 is 15.4 Å². The lowest BCUT2D eigenvalue weighted by Gasteiger charge is -2.13. The van der Waals surface area contributed by atoms with E-state index in [-0.39, 0.29) is 5.91 Å². The summed E-state index contributed by atoms with van der Waals surface area (Å²) < 4.78 is 5.32. The van der Waals surface area contributed by atoms with Gasteiger partial charge in [-0.2, -0.15) is 0 Å². The summed E-state index contributed by atoms with van der Waals surface area (Å²) in [5.74, 6) is 0.525. The fraction of sp³-hybridized carbons (Fsp3) is 0.333. The number of carbonyl (C=O) groups excluding carboxylic acids is 1. The molecule has 2 aromatic rings. The van der Waals surface area contributed by atoms with Crippen molar-refractivity contribution in [2.45, 2.75) is 32.1 Å². The molecule has 142 valence electrons. The van der Waals surface area contributed by atoms with Crippen LogP contribution in [0.15, 0.2) is 48.2 Å². The Kier molecular flexibility index (Phi) is 6.71. The molecule has 0 bridgehead atoms. The SMILES string of the molecule is COc1ccc(Cl)cc1Nc1ccc(C(=O)NCCC2=CCCCC2)nc1. The van der Waals surface area contributed by atoms with Crippen molar-refractivity contribution in [2.75, 3.05) is 19.0 Å². The fourth-order valence-corrected chi connectivity index (χ4v) is 3.27. The molecule has 0 saturated carbocycles. The molecule has 0 spiro atoms. The summed E-state index contributed by atoms with van der Waals surface area (Å²) in [7, 11) is 1.60. The first-order valence-corrected chi connectivity index (χ1v) is 9.56. The number of methoxy groups -OCH3 is 1. The maximum Gasteiger partial charge on any atom is 0.269 e. The van der Waals surface area contributed by atoms with Crippen LogP contribution >= 0.6 is 11.6 Å². The second kappa shape index (κ2) is 9.42. The Morgan fingerprint density at radius 2 is 2.15 bits per heavy atom. The maximum absolute atomic E-state index is 12.3. The average Bonchev–Trinajstić information content (AvgIpc) is 2.69. The predicted molar refractivity (Wildman–Crippen MR) is 109 cm³/mol. The van der Waals surface area contributed by atoms with E-state index in [1.54, 1.807) is 37.6 Å². The first kappa shape index (κ1) is 19.2. The number of hydrogen-bond donors (Lipinski definition) is 2. The molecule has 6 heteroatoms. The number of amides is 1. The van der Waals surface area contributed by atoms with Gasteiger partial charge in [-0.1, -0.05) is 23.3 Å². The van der Waals surface area contributed by atoms with Gasteiger partial charge in [-0.15, -0.1) is 0 Å². The molecule has 5 nitrogen and oxygen atoms in total. The van der Waals surface area contributed by atoms with Crippen LogP contribution in [0.1, 0.15) is 42.6 Å². The van der Waals surface area contributed by atoms with Crippen LogP contribution in [0.3, 0.4) is 0 Å². The normalized spacial score (nSPS) is 13.6. The molecule has 1 aromatic carbocycles. The van der Waals surface area contributed by atoms with Crippen molar-refractivity contribution in [3.63, 3.8) is 0 Å². The van der Waals surface area contributed by atoms with E-state index in [9.17, 15) is 4.79 Å². The van der Waals surface area contributed by atoms with Gasteiger partial charge in [-0.25, -0.2) is 4.98 Å². The van der Waals surface area contributed by atoms with E-state index in [0.717, 1.165) is 30.6 Å². The van der Waals surface area contributed by atoms with Crippen LogP contribution in [0.4, 0.5) is 11.4 Å².